The third-order valence-corrected chi connectivity index (χ3v) is 6.01. The first-order valence-corrected chi connectivity index (χ1v) is 10.4. The summed E-state index contributed by atoms with van der Waals surface area (Å²) in [6.45, 7) is 5.74. The molecule has 0 N–H and O–H groups in total. The van der Waals surface area contributed by atoms with Crippen molar-refractivity contribution in [3.05, 3.63) is 58.6 Å². The van der Waals surface area contributed by atoms with Crippen LogP contribution in [0.5, 0.6) is 11.5 Å². The molecular formula is C23H27ClN2O3. The second-order valence-corrected chi connectivity index (χ2v) is 8.84. The number of likely N-dealkylation sites (tertiary alicyclic amines) is 1. The molecule has 3 unspecified atom stereocenters. The van der Waals surface area contributed by atoms with Gasteiger partial charge in [-0.05, 0) is 29.8 Å². The third kappa shape index (κ3) is 3.81. The Hall–Kier alpha value is -2.24. The van der Waals surface area contributed by atoms with Crippen molar-refractivity contribution in [1.82, 2.24) is 9.80 Å². The highest BCUT2D eigenvalue weighted by Crippen LogP contribution is 2.50. The third-order valence-electron chi connectivity index (χ3n) is 5.77. The number of hydrogen-bond donors (Lipinski definition) is 0. The molecule has 2 aromatic rings. The van der Waals surface area contributed by atoms with E-state index in [-0.39, 0.29) is 30.1 Å². The Labute approximate surface area is 177 Å². The summed E-state index contributed by atoms with van der Waals surface area (Å²) in [4.78, 5) is 16.0. The molecule has 2 aliphatic rings. The van der Waals surface area contributed by atoms with E-state index >= 15 is 0 Å². The molecule has 2 aromatic carbocycles. The number of ether oxygens (including phenoxy) is 2. The minimum Gasteiger partial charge on any atom is -0.457 e. The fourth-order valence-corrected chi connectivity index (χ4v) is 4.59. The lowest BCUT2D eigenvalue weighted by molar-refractivity contribution is -0.0410. The zero-order valence-corrected chi connectivity index (χ0v) is 18.0. The Morgan fingerprint density at radius 1 is 1.10 bits per heavy atom. The number of halogens is 1. The van der Waals surface area contributed by atoms with Crippen molar-refractivity contribution in [2.24, 2.45) is 5.92 Å². The Bertz CT molecular complexity index is 915. The van der Waals surface area contributed by atoms with E-state index in [2.05, 4.69) is 30.9 Å². The largest absolute Gasteiger partial charge is 0.457 e. The Morgan fingerprint density at radius 2 is 1.76 bits per heavy atom. The molecule has 154 valence electrons. The number of rotatable bonds is 3. The lowest BCUT2D eigenvalue weighted by Crippen LogP contribution is -2.43. The van der Waals surface area contributed by atoms with Crippen molar-refractivity contribution in [3.63, 3.8) is 0 Å². The maximum atomic E-state index is 12.3. The van der Waals surface area contributed by atoms with Gasteiger partial charge in [0.25, 0.3) is 0 Å². The van der Waals surface area contributed by atoms with Crippen LogP contribution in [0.3, 0.4) is 0 Å². The van der Waals surface area contributed by atoms with Gasteiger partial charge in [0.05, 0.1) is 0 Å². The number of hydrogen-bond acceptors (Lipinski definition) is 4. The summed E-state index contributed by atoms with van der Waals surface area (Å²) in [5.74, 6) is 2.36. The highest BCUT2D eigenvalue weighted by Gasteiger charge is 2.43. The van der Waals surface area contributed by atoms with Crippen LogP contribution >= 0.6 is 11.6 Å². The first-order valence-electron chi connectivity index (χ1n) is 10.0. The number of fused-ring (bicyclic) bond motifs is 5. The SMILES string of the molecule is CC(C)C(OC(=O)N(C)C)N1CC2c3ccccc3Oc3ccc(Cl)cc3C2C1. The van der Waals surface area contributed by atoms with Crippen LogP contribution in [0.4, 0.5) is 4.79 Å². The van der Waals surface area contributed by atoms with Gasteiger partial charge in [-0.15, -0.1) is 0 Å². The number of amides is 1. The van der Waals surface area contributed by atoms with Crippen LogP contribution in [0.2, 0.25) is 5.02 Å². The molecule has 2 heterocycles. The van der Waals surface area contributed by atoms with Crippen LogP contribution in [0.25, 0.3) is 0 Å². The van der Waals surface area contributed by atoms with Crippen molar-refractivity contribution < 1.29 is 14.3 Å². The molecule has 1 saturated heterocycles. The molecule has 4 rings (SSSR count). The van der Waals surface area contributed by atoms with Crippen molar-refractivity contribution in [2.45, 2.75) is 31.9 Å². The van der Waals surface area contributed by atoms with Gasteiger partial charge in [-0.2, -0.15) is 0 Å². The topological polar surface area (TPSA) is 42.0 Å². The highest BCUT2D eigenvalue weighted by molar-refractivity contribution is 6.30. The average molecular weight is 415 g/mol. The molecule has 5 nitrogen and oxygen atoms in total. The van der Waals surface area contributed by atoms with Crippen LogP contribution in [-0.4, -0.2) is 49.3 Å². The van der Waals surface area contributed by atoms with Gasteiger partial charge in [0.15, 0.2) is 6.23 Å². The van der Waals surface area contributed by atoms with Crippen LogP contribution in [0.1, 0.15) is 36.8 Å². The smallest absolute Gasteiger partial charge is 0.410 e. The standard InChI is InChI=1S/C23H27ClN2O3/c1-14(2)22(29-23(27)25(3)4)26-12-18-16-7-5-6-8-20(16)28-21-10-9-15(24)11-17(21)19(18)13-26/h5-11,14,18-19,22H,12-13H2,1-4H3. The highest BCUT2D eigenvalue weighted by atomic mass is 35.5. The minimum atomic E-state index is -0.317. The van der Waals surface area contributed by atoms with Crippen molar-refractivity contribution in [3.8, 4) is 11.5 Å². The fraction of sp³-hybridized carbons (Fsp3) is 0.435. The molecule has 0 spiro atoms. The van der Waals surface area contributed by atoms with Gasteiger partial charge < -0.3 is 14.4 Å². The maximum absolute atomic E-state index is 12.3. The van der Waals surface area contributed by atoms with Gasteiger partial charge in [0.1, 0.15) is 11.5 Å². The summed E-state index contributed by atoms with van der Waals surface area (Å²) < 4.78 is 12.1. The van der Waals surface area contributed by atoms with E-state index in [1.165, 1.54) is 10.5 Å². The van der Waals surface area contributed by atoms with Gasteiger partial charge in [0, 0.05) is 55.5 Å². The van der Waals surface area contributed by atoms with Crippen molar-refractivity contribution in [2.75, 3.05) is 27.2 Å². The minimum absolute atomic E-state index is 0.173. The van der Waals surface area contributed by atoms with E-state index < -0.39 is 0 Å². The quantitative estimate of drug-likeness (QED) is 0.682. The van der Waals surface area contributed by atoms with Crippen LogP contribution in [0.15, 0.2) is 42.5 Å². The normalized spacial score (nSPS) is 21.4. The summed E-state index contributed by atoms with van der Waals surface area (Å²) in [5.41, 5.74) is 2.30. The molecule has 6 heteroatoms. The number of benzene rings is 2. The van der Waals surface area contributed by atoms with Gasteiger partial charge >= 0.3 is 6.09 Å². The van der Waals surface area contributed by atoms with Gasteiger partial charge in [-0.1, -0.05) is 43.6 Å². The van der Waals surface area contributed by atoms with E-state index in [9.17, 15) is 4.79 Å². The molecule has 29 heavy (non-hydrogen) atoms. The Kier molecular flexibility index (Phi) is 5.45. The van der Waals surface area contributed by atoms with Crippen LogP contribution < -0.4 is 4.74 Å². The first-order chi connectivity index (χ1) is 13.8. The van der Waals surface area contributed by atoms with Crippen LogP contribution in [-0.2, 0) is 4.74 Å². The van der Waals surface area contributed by atoms with Gasteiger partial charge in [0.2, 0.25) is 0 Å². The second-order valence-electron chi connectivity index (χ2n) is 8.40. The summed E-state index contributed by atoms with van der Waals surface area (Å²) >= 11 is 6.34. The molecule has 0 saturated carbocycles. The maximum Gasteiger partial charge on any atom is 0.410 e. The van der Waals surface area contributed by atoms with E-state index in [1.807, 2.05) is 30.3 Å². The second kappa shape index (κ2) is 7.88. The number of para-hydroxylation sites is 1. The predicted octanol–water partition coefficient (Wildman–Crippen LogP) is 5.31. The van der Waals surface area contributed by atoms with E-state index in [4.69, 9.17) is 21.1 Å². The average Bonchev–Trinajstić information content (AvgIpc) is 3.07. The predicted molar refractivity (Wildman–Crippen MR) is 114 cm³/mol. The number of carbonyl (C=O) groups is 1. The molecule has 3 atom stereocenters. The molecule has 0 aliphatic carbocycles. The van der Waals surface area contributed by atoms with E-state index in [1.54, 1.807) is 14.1 Å². The number of carbonyl (C=O) groups excluding carboxylic acids is 1. The fourth-order valence-electron chi connectivity index (χ4n) is 4.41. The molecule has 0 radical (unpaired) electrons. The zero-order chi connectivity index (χ0) is 20.7. The van der Waals surface area contributed by atoms with Gasteiger partial charge in [-0.25, -0.2) is 4.79 Å². The zero-order valence-electron chi connectivity index (χ0n) is 17.3. The lowest BCUT2D eigenvalue weighted by atomic mass is 9.84. The monoisotopic (exact) mass is 414 g/mol. The molecule has 0 aromatic heterocycles. The van der Waals surface area contributed by atoms with Crippen molar-refractivity contribution >= 4 is 17.7 Å². The molecule has 0 bridgehead atoms. The van der Waals surface area contributed by atoms with Crippen LogP contribution in [0, 0.1) is 5.92 Å². The summed E-state index contributed by atoms with van der Waals surface area (Å²) in [7, 11) is 3.42. The van der Waals surface area contributed by atoms with Crippen molar-refractivity contribution in [1.29, 1.82) is 0 Å². The summed E-state index contributed by atoms with van der Waals surface area (Å²) in [6, 6.07) is 14.0. The van der Waals surface area contributed by atoms with E-state index in [0.717, 1.165) is 30.2 Å². The first kappa shape index (κ1) is 20.0. The molecule has 1 fully saturated rings. The summed E-state index contributed by atoms with van der Waals surface area (Å²) in [5, 5.41) is 0.704. The molecular weight excluding hydrogens is 388 g/mol. The summed E-state index contributed by atoms with van der Waals surface area (Å²) in [6.07, 6.45) is -0.601. The Morgan fingerprint density at radius 3 is 2.45 bits per heavy atom. The molecule has 2 aliphatic heterocycles. The van der Waals surface area contributed by atoms with E-state index in [0.29, 0.717) is 5.02 Å². The molecule has 1 amide bonds. The lowest BCUT2D eigenvalue weighted by Gasteiger charge is -2.31. The Balaban J connectivity index is 1.72. The number of nitrogens with zero attached hydrogens (tertiary/aromatic N) is 2. The van der Waals surface area contributed by atoms with Gasteiger partial charge in [-0.3, -0.25) is 4.90 Å².